The van der Waals surface area contributed by atoms with Crippen molar-refractivity contribution in [1.82, 2.24) is 9.55 Å². The molecule has 2 aromatic rings. The number of anilines is 1. The van der Waals surface area contributed by atoms with Gasteiger partial charge in [-0.2, -0.15) is 0 Å². The molecule has 2 N–H and O–H groups in total. The van der Waals surface area contributed by atoms with Gasteiger partial charge in [-0.15, -0.1) is 0 Å². The Morgan fingerprint density at radius 3 is 2.50 bits per heavy atom. The average Bonchev–Trinajstić information content (AvgIpc) is 2.72. The molecule has 0 aliphatic heterocycles. The minimum atomic E-state index is -0.177. The van der Waals surface area contributed by atoms with E-state index in [0.717, 1.165) is 17.1 Å². The van der Waals surface area contributed by atoms with Gasteiger partial charge in [-0.3, -0.25) is 9.36 Å². The quantitative estimate of drug-likeness (QED) is 0.859. The molecular weight excluding hydrogens is 282 g/mol. The number of amides is 1. The summed E-state index contributed by atoms with van der Waals surface area (Å²) in [7, 11) is 0. The van der Waals surface area contributed by atoms with Gasteiger partial charge in [-0.05, 0) is 45.0 Å². The molecule has 0 aliphatic carbocycles. The second kappa shape index (κ2) is 6.98. The van der Waals surface area contributed by atoms with Gasteiger partial charge in [0.15, 0.2) is 0 Å². The maximum absolute atomic E-state index is 12.0. The predicted molar refractivity (Wildman–Crippen MR) is 85.4 cm³/mol. The van der Waals surface area contributed by atoms with Crippen LogP contribution in [0.3, 0.4) is 0 Å². The summed E-state index contributed by atoms with van der Waals surface area (Å²) in [6.45, 7) is 6.58. The number of nitrogens with zero attached hydrogens (tertiary/aromatic N) is 1. The Morgan fingerprint density at radius 1 is 1.27 bits per heavy atom. The monoisotopic (exact) mass is 303 g/mol. The van der Waals surface area contributed by atoms with Crippen LogP contribution in [0.15, 0.2) is 29.1 Å². The topological polar surface area (TPSA) is 76.1 Å². The number of imidazole rings is 1. The van der Waals surface area contributed by atoms with Crippen molar-refractivity contribution in [3.05, 3.63) is 46.1 Å². The highest BCUT2D eigenvalue weighted by atomic mass is 16.5. The first-order valence-electron chi connectivity index (χ1n) is 7.30. The third-order valence-electron chi connectivity index (χ3n) is 3.50. The number of nitrogens with one attached hydrogen (secondary N) is 2. The molecule has 118 valence electrons. The number of aryl methyl sites for hydroxylation is 1. The van der Waals surface area contributed by atoms with E-state index in [0.29, 0.717) is 18.8 Å². The number of rotatable bonds is 6. The molecule has 1 amide bonds. The standard InChI is InChI=1S/C16H21N3O3/c1-4-22-14-7-5-13(6-8-14)18-15(20)9-10-19-12(3)11(2)17-16(19)21/h5-8H,4,9-10H2,1-3H3,(H,17,21)(H,18,20). The van der Waals surface area contributed by atoms with E-state index in [-0.39, 0.29) is 18.0 Å². The fourth-order valence-electron chi connectivity index (χ4n) is 2.18. The molecule has 6 nitrogen and oxygen atoms in total. The van der Waals surface area contributed by atoms with Gasteiger partial charge in [0.25, 0.3) is 0 Å². The zero-order valence-corrected chi connectivity index (χ0v) is 13.1. The number of H-pyrrole nitrogens is 1. The molecule has 1 aromatic carbocycles. The first-order chi connectivity index (χ1) is 10.5. The minimum Gasteiger partial charge on any atom is -0.494 e. The third kappa shape index (κ3) is 3.78. The molecule has 1 heterocycles. The van der Waals surface area contributed by atoms with Gasteiger partial charge in [0.1, 0.15) is 5.75 Å². The van der Waals surface area contributed by atoms with Gasteiger partial charge in [0.05, 0.1) is 6.61 Å². The van der Waals surface area contributed by atoms with Gasteiger partial charge in [0, 0.05) is 30.0 Å². The van der Waals surface area contributed by atoms with Gasteiger partial charge >= 0.3 is 5.69 Å². The van der Waals surface area contributed by atoms with Crippen LogP contribution >= 0.6 is 0 Å². The van der Waals surface area contributed by atoms with Gasteiger partial charge in [0.2, 0.25) is 5.91 Å². The number of aromatic amines is 1. The molecule has 0 unspecified atom stereocenters. The molecule has 22 heavy (non-hydrogen) atoms. The van der Waals surface area contributed by atoms with Crippen LogP contribution in [0.2, 0.25) is 0 Å². The zero-order valence-electron chi connectivity index (χ0n) is 13.1. The molecule has 6 heteroatoms. The number of carbonyl (C=O) groups excluding carboxylic acids is 1. The van der Waals surface area contributed by atoms with Crippen molar-refractivity contribution >= 4 is 11.6 Å². The fraction of sp³-hybridized carbons (Fsp3) is 0.375. The van der Waals surface area contributed by atoms with Crippen LogP contribution < -0.4 is 15.7 Å². The van der Waals surface area contributed by atoms with E-state index < -0.39 is 0 Å². The lowest BCUT2D eigenvalue weighted by Crippen LogP contribution is -2.22. The molecule has 0 spiro atoms. The number of carbonyl (C=O) groups is 1. The first-order valence-corrected chi connectivity index (χ1v) is 7.30. The summed E-state index contributed by atoms with van der Waals surface area (Å²) >= 11 is 0. The summed E-state index contributed by atoms with van der Waals surface area (Å²) in [6.07, 6.45) is 0.241. The molecule has 0 bridgehead atoms. The normalized spacial score (nSPS) is 10.5. The molecule has 2 rings (SSSR count). The molecular formula is C16H21N3O3. The van der Waals surface area contributed by atoms with Crippen molar-refractivity contribution in [3.63, 3.8) is 0 Å². The van der Waals surface area contributed by atoms with E-state index in [1.54, 1.807) is 16.7 Å². The fourth-order valence-corrected chi connectivity index (χ4v) is 2.18. The van der Waals surface area contributed by atoms with Crippen LogP contribution in [0.5, 0.6) is 5.75 Å². The zero-order chi connectivity index (χ0) is 16.1. The van der Waals surface area contributed by atoms with Crippen LogP contribution in [0.4, 0.5) is 5.69 Å². The van der Waals surface area contributed by atoms with Gasteiger partial charge in [-0.1, -0.05) is 0 Å². The molecule has 0 fully saturated rings. The Kier molecular flexibility index (Phi) is 5.04. The SMILES string of the molecule is CCOc1ccc(NC(=O)CCn2c(C)c(C)[nH]c2=O)cc1. The smallest absolute Gasteiger partial charge is 0.325 e. The summed E-state index contributed by atoms with van der Waals surface area (Å²) in [5.41, 5.74) is 2.22. The van der Waals surface area contributed by atoms with E-state index in [1.165, 1.54) is 0 Å². The first kappa shape index (κ1) is 15.9. The van der Waals surface area contributed by atoms with Crippen LogP contribution in [-0.2, 0) is 11.3 Å². The molecule has 0 saturated carbocycles. The van der Waals surface area contributed by atoms with Crippen LogP contribution in [0.25, 0.3) is 0 Å². The maximum Gasteiger partial charge on any atom is 0.325 e. The van der Waals surface area contributed by atoms with Crippen molar-refractivity contribution in [1.29, 1.82) is 0 Å². The highest BCUT2D eigenvalue weighted by Crippen LogP contribution is 2.15. The third-order valence-corrected chi connectivity index (χ3v) is 3.50. The summed E-state index contributed by atoms with van der Waals surface area (Å²) in [6, 6.07) is 7.20. The Labute approximate surface area is 129 Å². The van der Waals surface area contributed by atoms with Crippen LogP contribution in [0, 0.1) is 13.8 Å². The van der Waals surface area contributed by atoms with Crippen molar-refractivity contribution in [2.45, 2.75) is 33.7 Å². The van der Waals surface area contributed by atoms with Crippen molar-refractivity contribution in [2.75, 3.05) is 11.9 Å². The predicted octanol–water partition coefficient (Wildman–Crippen LogP) is 2.22. The summed E-state index contributed by atoms with van der Waals surface area (Å²) in [4.78, 5) is 26.4. The Morgan fingerprint density at radius 2 is 1.95 bits per heavy atom. The Bertz CT molecular complexity index is 698. The molecule has 0 radical (unpaired) electrons. The maximum atomic E-state index is 12.0. The Hall–Kier alpha value is -2.50. The van der Waals surface area contributed by atoms with Crippen molar-refractivity contribution in [3.8, 4) is 5.75 Å². The lowest BCUT2D eigenvalue weighted by atomic mass is 10.3. The van der Waals surface area contributed by atoms with E-state index in [4.69, 9.17) is 4.74 Å². The van der Waals surface area contributed by atoms with E-state index in [2.05, 4.69) is 10.3 Å². The lowest BCUT2D eigenvalue weighted by molar-refractivity contribution is -0.116. The number of aromatic nitrogens is 2. The molecule has 0 atom stereocenters. The molecule has 1 aromatic heterocycles. The number of hydrogen-bond donors (Lipinski definition) is 2. The summed E-state index contributed by atoms with van der Waals surface area (Å²) in [5.74, 6) is 0.639. The molecule has 0 aliphatic rings. The van der Waals surface area contributed by atoms with Gasteiger partial charge in [-0.25, -0.2) is 4.79 Å². The Balaban J connectivity index is 1.91. The largest absolute Gasteiger partial charge is 0.494 e. The highest BCUT2D eigenvalue weighted by molar-refractivity contribution is 5.90. The van der Waals surface area contributed by atoms with E-state index in [9.17, 15) is 9.59 Å². The second-order valence-electron chi connectivity index (χ2n) is 5.05. The minimum absolute atomic E-state index is 0.130. The van der Waals surface area contributed by atoms with E-state index in [1.807, 2.05) is 32.9 Å². The van der Waals surface area contributed by atoms with Crippen molar-refractivity contribution in [2.24, 2.45) is 0 Å². The number of ether oxygens (including phenoxy) is 1. The highest BCUT2D eigenvalue weighted by Gasteiger charge is 2.09. The van der Waals surface area contributed by atoms with Crippen molar-refractivity contribution < 1.29 is 9.53 Å². The number of hydrogen-bond acceptors (Lipinski definition) is 3. The second-order valence-corrected chi connectivity index (χ2v) is 5.05. The van der Waals surface area contributed by atoms with E-state index >= 15 is 0 Å². The summed E-state index contributed by atoms with van der Waals surface area (Å²) < 4.78 is 6.92. The summed E-state index contributed by atoms with van der Waals surface area (Å²) in [5, 5.41) is 2.81. The average molecular weight is 303 g/mol. The number of benzene rings is 1. The molecule has 0 saturated heterocycles. The van der Waals surface area contributed by atoms with Gasteiger partial charge < -0.3 is 15.0 Å². The van der Waals surface area contributed by atoms with Crippen LogP contribution in [0.1, 0.15) is 24.7 Å². The lowest BCUT2D eigenvalue weighted by Gasteiger charge is -2.08. The van der Waals surface area contributed by atoms with Crippen LogP contribution in [-0.4, -0.2) is 22.1 Å².